The van der Waals surface area contributed by atoms with Crippen molar-refractivity contribution in [2.75, 3.05) is 0 Å². The van der Waals surface area contributed by atoms with Crippen molar-refractivity contribution >= 4 is 0 Å². The molecule has 4 aliphatic rings. The normalized spacial score (nSPS) is 23.1. The maximum atomic E-state index is 11.3. The van der Waals surface area contributed by atoms with Gasteiger partial charge in [-0.2, -0.15) is 0 Å². The van der Waals surface area contributed by atoms with Gasteiger partial charge in [-0.3, -0.25) is 0 Å². The lowest BCUT2D eigenvalue weighted by Gasteiger charge is -2.26. The molecule has 1 aliphatic carbocycles. The largest absolute Gasteiger partial charge is 0.508 e. The first-order valence-electron chi connectivity index (χ1n) is 16.7. The number of aromatic hydroxyl groups is 6. The van der Waals surface area contributed by atoms with E-state index in [9.17, 15) is 30.6 Å². The minimum atomic E-state index is -0.635. The van der Waals surface area contributed by atoms with E-state index < -0.39 is 36.1 Å². The van der Waals surface area contributed by atoms with E-state index in [4.69, 9.17) is 14.2 Å². The lowest BCUT2D eigenvalue weighted by molar-refractivity contribution is 0.219. The quantitative estimate of drug-likeness (QED) is 0.109. The van der Waals surface area contributed by atoms with Gasteiger partial charge in [-0.1, -0.05) is 36.4 Å². The summed E-state index contributed by atoms with van der Waals surface area (Å²) in [6.07, 6.45) is -1.91. The Balaban J connectivity index is 1.33. The van der Waals surface area contributed by atoms with E-state index in [0.29, 0.717) is 17.2 Å². The molecule has 0 fully saturated rings. The standard InChI is InChI=1S/C42H30O9/c43-22-7-1-19(2-8-22)40-37-28-13-25(46)17-32-35(28)39(42(50-32)21-5-11-24(45)12-6-21)30-15-27(48)18-33-36(30)38(29-14-26(47)16-31(49-40)34(29)37)41(51-33)20-3-9-23(44)10-4-20/h1-18,37-48H/t37-,38?,39?,40?,41-,42-/m0/s1. The van der Waals surface area contributed by atoms with Crippen molar-refractivity contribution < 1.29 is 44.8 Å². The molecular weight excluding hydrogens is 648 g/mol. The summed E-state index contributed by atoms with van der Waals surface area (Å²) >= 11 is 0. The Bertz CT molecular complexity index is 2120. The fraction of sp³-hybridized carbons (Fsp3) is 0.143. The third-order valence-corrected chi connectivity index (χ3v) is 10.7. The van der Waals surface area contributed by atoms with Gasteiger partial charge in [-0.25, -0.2) is 0 Å². The number of rotatable bonds is 3. The lowest BCUT2D eigenvalue weighted by atomic mass is 9.76. The molecule has 6 N–H and O–H groups in total. The van der Waals surface area contributed by atoms with Gasteiger partial charge in [-0.15, -0.1) is 0 Å². The summed E-state index contributed by atoms with van der Waals surface area (Å²) in [5.41, 5.74) is 6.97. The molecule has 6 aromatic rings. The number of hydrogen-bond acceptors (Lipinski definition) is 9. The minimum Gasteiger partial charge on any atom is -0.508 e. The van der Waals surface area contributed by atoms with Crippen LogP contribution in [-0.4, -0.2) is 30.6 Å². The zero-order valence-electron chi connectivity index (χ0n) is 26.8. The number of benzene rings is 6. The zero-order chi connectivity index (χ0) is 34.7. The van der Waals surface area contributed by atoms with Gasteiger partial charge in [0.1, 0.15) is 70.1 Å². The Hall–Kier alpha value is -6.48. The van der Waals surface area contributed by atoms with Gasteiger partial charge >= 0.3 is 0 Å². The number of fused-ring (bicyclic) bond motifs is 3. The number of ether oxygens (including phenoxy) is 3. The summed E-state index contributed by atoms with van der Waals surface area (Å²) in [5.74, 6) is 0.123. The summed E-state index contributed by atoms with van der Waals surface area (Å²) in [4.78, 5) is 0. The molecule has 252 valence electrons. The molecule has 0 spiro atoms. The second kappa shape index (κ2) is 10.5. The van der Waals surface area contributed by atoms with Crippen LogP contribution in [0.25, 0.3) is 0 Å². The number of phenolic OH excluding ortho intramolecular Hbond substituents is 6. The van der Waals surface area contributed by atoms with Crippen LogP contribution < -0.4 is 14.2 Å². The Morgan fingerprint density at radius 1 is 0.314 bits per heavy atom. The molecule has 0 bridgehead atoms. The van der Waals surface area contributed by atoms with Crippen molar-refractivity contribution in [1.29, 1.82) is 0 Å². The highest BCUT2D eigenvalue weighted by Crippen LogP contribution is 2.65. The maximum absolute atomic E-state index is 11.3. The second-order valence-corrected chi connectivity index (χ2v) is 13.7. The molecule has 0 radical (unpaired) electrons. The van der Waals surface area contributed by atoms with Crippen molar-refractivity contribution in [3.05, 3.63) is 159 Å². The van der Waals surface area contributed by atoms with Crippen LogP contribution in [0.15, 0.2) is 109 Å². The third-order valence-electron chi connectivity index (χ3n) is 10.7. The average Bonchev–Trinajstić information content (AvgIpc) is 3.80. The summed E-state index contributed by atoms with van der Waals surface area (Å²) in [6, 6.07) is 30.5. The zero-order valence-corrected chi connectivity index (χ0v) is 26.8. The Morgan fingerprint density at radius 3 is 0.824 bits per heavy atom. The first kappa shape index (κ1) is 29.4. The first-order valence-corrected chi connectivity index (χ1v) is 16.7. The van der Waals surface area contributed by atoms with E-state index in [1.807, 2.05) is 0 Å². The first-order chi connectivity index (χ1) is 24.7. The summed E-state index contributed by atoms with van der Waals surface area (Å²) in [6.45, 7) is 0. The Labute approximate surface area is 291 Å². The monoisotopic (exact) mass is 678 g/mol. The third kappa shape index (κ3) is 4.34. The molecule has 3 aliphatic heterocycles. The van der Waals surface area contributed by atoms with Crippen LogP contribution in [0.5, 0.6) is 51.7 Å². The molecule has 9 heteroatoms. The van der Waals surface area contributed by atoms with Crippen LogP contribution in [0, 0.1) is 0 Å². The fourth-order valence-electron chi connectivity index (χ4n) is 8.76. The van der Waals surface area contributed by atoms with E-state index in [1.54, 1.807) is 109 Å². The average molecular weight is 679 g/mol. The summed E-state index contributed by atoms with van der Waals surface area (Å²) < 4.78 is 20.3. The highest BCUT2D eigenvalue weighted by atomic mass is 16.5. The van der Waals surface area contributed by atoms with E-state index in [-0.39, 0.29) is 34.5 Å². The van der Waals surface area contributed by atoms with Crippen LogP contribution >= 0.6 is 0 Å². The molecule has 9 nitrogen and oxygen atoms in total. The predicted octanol–water partition coefficient (Wildman–Crippen LogP) is 8.03. The van der Waals surface area contributed by atoms with Crippen molar-refractivity contribution in [2.24, 2.45) is 0 Å². The van der Waals surface area contributed by atoms with Crippen molar-refractivity contribution in [1.82, 2.24) is 0 Å². The predicted molar refractivity (Wildman–Crippen MR) is 184 cm³/mol. The minimum absolute atomic E-state index is 0.00268. The molecule has 0 saturated carbocycles. The van der Waals surface area contributed by atoms with Crippen LogP contribution in [-0.2, 0) is 0 Å². The van der Waals surface area contributed by atoms with Crippen molar-refractivity contribution in [3.63, 3.8) is 0 Å². The molecule has 10 rings (SSSR count). The van der Waals surface area contributed by atoms with E-state index in [1.165, 1.54) is 0 Å². The second-order valence-electron chi connectivity index (χ2n) is 13.7. The van der Waals surface area contributed by atoms with Crippen molar-refractivity contribution in [2.45, 2.75) is 36.1 Å². The van der Waals surface area contributed by atoms with Crippen molar-refractivity contribution in [3.8, 4) is 51.7 Å². The SMILES string of the molecule is Oc1ccc(C2Oc3cc(O)cc4c3[C@@H]2c2cc(O)cc3c2C(c2cc(O)cc5c2C4[C@H](c2ccc(O)cc2)O5)[C@H](c2ccc(O)cc2)O3)cc1. The van der Waals surface area contributed by atoms with Gasteiger partial charge in [0.05, 0.1) is 17.8 Å². The molecule has 3 unspecified atom stereocenters. The smallest absolute Gasteiger partial charge is 0.135 e. The van der Waals surface area contributed by atoms with E-state index in [2.05, 4.69) is 0 Å². The van der Waals surface area contributed by atoms with Gasteiger partial charge in [-0.05, 0) is 88.0 Å². The van der Waals surface area contributed by atoms with E-state index in [0.717, 1.165) is 50.1 Å². The molecular formula is C42H30O9. The number of hydrogen-bond donors (Lipinski definition) is 6. The highest BCUT2D eigenvalue weighted by molar-refractivity contribution is 5.70. The summed E-state index contributed by atoms with van der Waals surface area (Å²) in [7, 11) is 0. The molecule has 6 atom stereocenters. The van der Waals surface area contributed by atoms with Gasteiger partial charge in [0.15, 0.2) is 0 Å². The maximum Gasteiger partial charge on any atom is 0.135 e. The van der Waals surface area contributed by atoms with Crippen LogP contribution in [0.3, 0.4) is 0 Å². The lowest BCUT2D eigenvalue weighted by Crippen LogP contribution is -2.16. The van der Waals surface area contributed by atoms with Gasteiger partial charge in [0, 0.05) is 34.9 Å². The Kier molecular flexibility index (Phi) is 6.07. The van der Waals surface area contributed by atoms with Crippen LogP contribution in [0.2, 0.25) is 0 Å². The van der Waals surface area contributed by atoms with E-state index >= 15 is 0 Å². The van der Waals surface area contributed by atoms with Crippen LogP contribution in [0.1, 0.15) is 86.1 Å². The van der Waals surface area contributed by atoms with Gasteiger partial charge in [0.2, 0.25) is 0 Å². The molecule has 3 heterocycles. The topological polar surface area (TPSA) is 149 Å². The fourth-order valence-corrected chi connectivity index (χ4v) is 8.76. The van der Waals surface area contributed by atoms with Crippen LogP contribution in [0.4, 0.5) is 0 Å². The molecule has 51 heavy (non-hydrogen) atoms. The van der Waals surface area contributed by atoms with Gasteiger partial charge in [0.25, 0.3) is 0 Å². The highest BCUT2D eigenvalue weighted by Gasteiger charge is 2.52. The molecule has 0 saturated heterocycles. The molecule has 6 aromatic carbocycles. The molecule has 0 amide bonds. The molecule has 0 aromatic heterocycles. The van der Waals surface area contributed by atoms with Gasteiger partial charge < -0.3 is 44.8 Å². The number of phenols is 6. The summed E-state index contributed by atoms with van der Waals surface area (Å²) in [5, 5.41) is 64.5. The Morgan fingerprint density at radius 2 is 0.569 bits per heavy atom.